The van der Waals surface area contributed by atoms with Gasteiger partial charge in [0.15, 0.2) is 0 Å². The molecule has 0 aliphatic heterocycles. The number of hydrogen-bond donors (Lipinski definition) is 1. The van der Waals surface area contributed by atoms with E-state index >= 15 is 0 Å². The number of thiazole rings is 1. The van der Waals surface area contributed by atoms with Gasteiger partial charge in [0.1, 0.15) is 5.01 Å². The van der Waals surface area contributed by atoms with Crippen LogP contribution < -0.4 is 0 Å². The van der Waals surface area contributed by atoms with Gasteiger partial charge in [0.25, 0.3) is 0 Å². The SMILES string of the molecule is O=C(O)C(=O)Cc1nccs1. The molecule has 1 heterocycles. The number of carboxylic acid groups (broad SMARTS) is 1. The van der Waals surface area contributed by atoms with Crippen molar-refractivity contribution in [3.8, 4) is 0 Å². The van der Waals surface area contributed by atoms with Gasteiger partial charge >= 0.3 is 5.97 Å². The van der Waals surface area contributed by atoms with Crippen LogP contribution in [-0.2, 0) is 16.0 Å². The number of carbonyl (C=O) groups is 2. The Morgan fingerprint density at radius 2 is 2.36 bits per heavy atom. The summed E-state index contributed by atoms with van der Waals surface area (Å²) in [6.45, 7) is 0. The highest BCUT2D eigenvalue weighted by atomic mass is 32.1. The van der Waals surface area contributed by atoms with Crippen LogP contribution in [-0.4, -0.2) is 21.8 Å². The van der Waals surface area contributed by atoms with Gasteiger partial charge < -0.3 is 5.11 Å². The molecule has 11 heavy (non-hydrogen) atoms. The number of nitrogens with zero attached hydrogens (tertiary/aromatic N) is 1. The molecule has 0 amide bonds. The number of hydrogen-bond acceptors (Lipinski definition) is 4. The highest BCUT2D eigenvalue weighted by molar-refractivity contribution is 7.09. The van der Waals surface area contributed by atoms with Crippen LogP contribution in [0.3, 0.4) is 0 Å². The first-order valence-electron chi connectivity index (χ1n) is 2.84. The predicted molar refractivity (Wildman–Crippen MR) is 38.5 cm³/mol. The number of aliphatic carboxylic acids is 1. The average Bonchev–Trinajstić information content (AvgIpc) is 2.39. The Morgan fingerprint density at radius 1 is 1.64 bits per heavy atom. The monoisotopic (exact) mass is 171 g/mol. The molecular formula is C6H5NO3S. The van der Waals surface area contributed by atoms with Crippen LogP contribution >= 0.6 is 11.3 Å². The third-order valence-electron chi connectivity index (χ3n) is 1.03. The van der Waals surface area contributed by atoms with Crippen LogP contribution in [0.25, 0.3) is 0 Å². The van der Waals surface area contributed by atoms with Crippen molar-refractivity contribution in [2.75, 3.05) is 0 Å². The fourth-order valence-corrected chi connectivity index (χ4v) is 1.17. The summed E-state index contributed by atoms with van der Waals surface area (Å²) in [4.78, 5) is 24.4. The minimum absolute atomic E-state index is 0.104. The molecule has 0 unspecified atom stereocenters. The molecule has 0 atom stereocenters. The van der Waals surface area contributed by atoms with Gasteiger partial charge in [-0.25, -0.2) is 9.78 Å². The van der Waals surface area contributed by atoms with Crippen LogP contribution in [0.2, 0.25) is 0 Å². The molecule has 58 valence electrons. The van der Waals surface area contributed by atoms with E-state index in [1.807, 2.05) is 0 Å². The zero-order chi connectivity index (χ0) is 8.27. The standard InChI is InChI=1S/C6H5NO3S/c8-4(6(9)10)3-5-7-1-2-11-5/h1-2H,3H2,(H,9,10). The van der Waals surface area contributed by atoms with E-state index in [2.05, 4.69) is 4.98 Å². The Balaban J connectivity index is 2.57. The third kappa shape index (κ3) is 2.12. The lowest BCUT2D eigenvalue weighted by molar-refractivity contribution is -0.148. The highest BCUT2D eigenvalue weighted by Crippen LogP contribution is 2.04. The number of Topliss-reactive ketones (excluding diaryl/α,β-unsaturated/α-hetero) is 1. The second kappa shape index (κ2) is 3.25. The fraction of sp³-hybridized carbons (Fsp3) is 0.167. The normalized spacial score (nSPS) is 9.45. The maximum Gasteiger partial charge on any atom is 0.372 e. The molecule has 0 bridgehead atoms. The van der Waals surface area contributed by atoms with Gasteiger partial charge in [-0.1, -0.05) is 0 Å². The largest absolute Gasteiger partial charge is 0.475 e. The molecule has 5 heteroatoms. The number of rotatable bonds is 3. The number of carboxylic acids is 1. The number of ketones is 1. The molecule has 0 spiro atoms. The number of aromatic nitrogens is 1. The average molecular weight is 171 g/mol. The van der Waals surface area contributed by atoms with Crippen molar-refractivity contribution in [2.24, 2.45) is 0 Å². The summed E-state index contributed by atoms with van der Waals surface area (Å²) in [7, 11) is 0. The first-order chi connectivity index (χ1) is 5.20. The van der Waals surface area contributed by atoms with Crippen molar-refractivity contribution >= 4 is 23.1 Å². The molecule has 1 aromatic heterocycles. The van der Waals surface area contributed by atoms with E-state index in [0.717, 1.165) is 0 Å². The van der Waals surface area contributed by atoms with Crippen LogP contribution in [0.5, 0.6) is 0 Å². The molecule has 1 rings (SSSR count). The smallest absolute Gasteiger partial charge is 0.372 e. The maximum atomic E-state index is 10.6. The summed E-state index contributed by atoms with van der Waals surface area (Å²) in [5, 5.41) is 10.4. The quantitative estimate of drug-likeness (QED) is 0.666. The van der Waals surface area contributed by atoms with E-state index < -0.39 is 11.8 Å². The molecule has 4 nitrogen and oxygen atoms in total. The zero-order valence-corrected chi connectivity index (χ0v) is 6.30. The van der Waals surface area contributed by atoms with Gasteiger partial charge in [0.2, 0.25) is 5.78 Å². The molecular weight excluding hydrogens is 166 g/mol. The second-order valence-corrected chi connectivity index (χ2v) is 2.81. The van der Waals surface area contributed by atoms with E-state index in [9.17, 15) is 9.59 Å². The fourth-order valence-electron chi connectivity index (χ4n) is 0.553. The molecule has 0 aromatic carbocycles. The Kier molecular flexibility index (Phi) is 2.32. The Labute approximate surface area is 66.5 Å². The Hall–Kier alpha value is -1.23. The predicted octanol–water partition coefficient (Wildman–Crippen LogP) is 0.339. The summed E-state index contributed by atoms with van der Waals surface area (Å²) < 4.78 is 0. The van der Waals surface area contributed by atoms with Gasteiger partial charge in [-0.15, -0.1) is 11.3 Å². The zero-order valence-electron chi connectivity index (χ0n) is 5.48. The van der Waals surface area contributed by atoms with Crippen LogP contribution in [0.4, 0.5) is 0 Å². The van der Waals surface area contributed by atoms with Crippen LogP contribution in [0, 0.1) is 0 Å². The van der Waals surface area contributed by atoms with Crippen LogP contribution in [0.15, 0.2) is 11.6 Å². The third-order valence-corrected chi connectivity index (χ3v) is 1.81. The molecule has 0 fully saturated rings. The summed E-state index contributed by atoms with van der Waals surface area (Å²) in [5.74, 6) is -2.22. The van der Waals surface area contributed by atoms with Gasteiger partial charge in [-0.2, -0.15) is 0 Å². The lowest BCUT2D eigenvalue weighted by Crippen LogP contribution is -2.14. The molecule has 0 radical (unpaired) electrons. The highest BCUT2D eigenvalue weighted by Gasteiger charge is 2.12. The summed E-state index contributed by atoms with van der Waals surface area (Å²) in [6, 6.07) is 0. The minimum atomic E-state index is -1.40. The van der Waals surface area contributed by atoms with E-state index in [1.54, 1.807) is 5.38 Å². The lowest BCUT2D eigenvalue weighted by Gasteiger charge is -1.88. The second-order valence-electron chi connectivity index (χ2n) is 1.83. The van der Waals surface area contributed by atoms with Gasteiger partial charge in [0, 0.05) is 11.6 Å². The first kappa shape index (κ1) is 7.87. The van der Waals surface area contributed by atoms with E-state index in [1.165, 1.54) is 17.5 Å². The van der Waals surface area contributed by atoms with Gasteiger partial charge in [-0.3, -0.25) is 4.79 Å². The van der Waals surface area contributed by atoms with E-state index in [-0.39, 0.29) is 6.42 Å². The van der Waals surface area contributed by atoms with Gasteiger partial charge in [-0.05, 0) is 0 Å². The van der Waals surface area contributed by atoms with Gasteiger partial charge in [0.05, 0.1) is 6.42 Å². The lowest BCUT2D eigenvalue weighted by atomic mass is 10.3. The molecule has 1 N–H and O–H groups in total. The molecule has 0 saturated heterocycles. The van der Waals surface area contributed by atoms with Crippen molar-refractivity contribution in [2.45, 2.75) is 6.42 Å². The van der Waals surface area contributed by atoms with Crippen molar-refractivity contribution in [1.29, 1.82) is 0 Å². The molecule has 0 aliphatic carbocycles. The maximum absolute atomic E-state index is 10.6. The van der Waals surface area contributed by atoms with Crippen molar-refractivity contribution in [3.63, 3.8) is 0 Å². The molecule has 0 aliphatic rings. The first-order valence-corrected chi connectivity index (χ1v) is 3.72. The van der Waals surface area contributed by atoms with Crippen molar-refractivity contribution in [3.05, 3.63) is 16.6 Å². The Morgan fingerprint density at radius 3 is 2.82 bits per heavy atom. The van der Waals surface area contributed by atoms with E-state index in [0.29, 0.717) is 5.01 Å². The topological polar surface area (TPSA) is 67.3 Å². The van der Waals surface area contributed by atoms with E-state index in [4.69, 9.17) is 5.11 Å². The van der Waals surface area contributed by atoms with Crippen molar-refractivity contribution < 1.29 is 14.7 Å². The summed E-state index contributed by atoms with van der Waals surface area (Å²) in [6.07, 6.45) is 1.43. The summed E-state index contributed by atoms with van der Waals surface area (Å²) >= 11 is 1.27. The number of carbonyl (C=O) groups excluding carboxylic acids is 1. The molecule has 0 saturated carbocycles. The Bertz CT molecular complexity index is 267. The minimum Gasteiger partial charge on any atom is -0.475 e. The summed E-state index contributed by atoms with van der Waals surface area (Å²) in [5.41, 5.74) is 0. The molecule has 1 aromatic rings. The van der Waals surface area contributed by atoms with Crippen LogP contribution in [0.1, 0.15) is 5.01 Å². The van der Waals surface area contributed by atoms with Crippen molar-refractivity contribution in [1.82, 2.24) is 4.98 Å².